The van der Waals surface area contributed by atoms with Crippen molar-refractivity contribution in [1.82, 2.24) is 0 Å². The van der Waals surface area contributed by atoms with Crippen molar-refractivity contribution in [2.75, 3.05) is 13.2 Å². The summed E-state index contributed by atoms with van der Waals surface area (Å²) in [5.74, 6) is 0.541. The van der Waals surface area contributed by atoms with E-state index in [2.05, 4.69) is 6.92 Å². The highest BCUT2D eigenvalue weighted by Crippen LogP contribution is 2.21. The van der Waals surface area contributed by atoms with Crippen molar-refractivity contribution < 1.29 is 19.4 Å². The number of ether oxygens (including phenoxy) is 2. The topological polar surface area (TPSA) is 55.8 Å². The van der Waals surface area contributed by atoms with E-state index in [9.17, 15) is 9.90 Å². The number of hydrogen-bond acceptors (Lipinski definition) is 4. The minimum absolute atomic E-state index is 0.231. The molecule has 0 saturated carbocycles. The van der Waals surface area contributed by atoms with Gasteiger partial charge in [0.05, 0.1) is 19.3 Å². The molecule has 112 valence electrons. The molecule has 0 spiro atoms. The first-order chi connectivity index (χ1) is 9.67. The lowest BCUT2D eigenvalue weighted by molar-refractivity contribution is -0.144. The second kappa shape index (κ2) is 9.37. The molecule has 1 rings (SSSR count). The van der Waals surface area contributed by atoms with Crippen molar-refractivity contribution in [1.29, 1.82) is 0 Å². The van der Waals surface area contributed by atoms with Gasteiger partial charge in [0.25, 0.3) is 0 Å². The summed E-state index contributed by atoms with van der Waals surface area (Å²) in [7, 11) is 0. The van der Waals surface area contributed by atoms with E-state index in [-0.39, 0.29) is 12.4 Å². The third-order valence-electron chi connectivity index (χ3n) is 2.83. The van der Waals surface area contributed by atoms with Gasteiger partial charge < -0.3 is 14.6 Å². The van der Waals surface area contributed by atoms with Crippen molar-refractivity contribution >= 4 is 5.97 Å². The van der Waals surface area contributed by atoms with E-state index in [1.807, 2.05) is 31.2 Å². The molecule has 4 heteroatoms. The second-order valence-corrected chi connectivity index (χ2v) is 4.69. The fourth-order valence-electron chi connectivity index (χ4n) is 1.72. The van der Waals surface area contributed by atoms with Crippen LogP contribution in [-0.4, -0.2) is 24.3 Å². The Morgan fingerprint density at radius 1 is 1.15 bits per heavy atom. The Kier molecular flexibility index (Phi) is 7.73. The summed E-state index contributed by atoms with van der Waals surface area (Å²) in [6, 6.07) is 7.33. The monoisotopic (exact) mass is 280 g/mol. The summed E-state index contributed by atoms with van der Waals surface area (Å²) in [6.07, 6.45) is 1.73. The van der Waals surface area contributed by atoms with Crippen LogP contribution in [0.2, 0.25) is 0 Å². The summed E-state index contributed by atoms with van der Waals surface area (Å²) < 4.78 is 10.4. The Morgan fingerprint density at radius 3 is 2.40 bits per heavy atom. The number of benzene rings is 1. The Bertz CT molecular complexity index is 386. The van der Waals surface area contributed by atoms with Crippen LogP contribution in [0, 0.1) is 0 Å². The third kappa shape index (κ3) is 6.06. The first kappa shape index (κ1) is 16.5. The van der Waals surface area contributed by atoms with Gasteiger partial charge in [-0.1, -0.05) is 26.0 Å². The highest BCUT2D eigenvalue weighted by molar-refractivity contribution is 5.69. The van der Waals surface area contributed by atoms with E-state index in [1.165, 1.54) is 0 Å². The molecule has 0 aliphatic heterocycles. The van der Waals surface area contributed by atoms with Gasteiger partial charge in [0.2, 0.25) is 0 Å². The highest BCUT2D eigenvalue weighted by Gasteiger charge is 2.11. The number of carbonyl (C=O) groups excluding carboxylic acids is 1. The van der Waals surface area contributed by atoms with Crippen LogP contribution >= 0.6 is 0 Å². The molecule has 0 amide bonds. The Hall–Kier alpha value is -1.55. The first-order valence-electron chi connectivity index (χ1n) is 7.23. The number of carbonyl (C=O) groups is 1. The first-order valence-corrected chi connectivity index (χ1v) is 7.23. The van der Waals surface area contributed by atoms with Crippen LogP contribution in [-0.2, 0) is 9.53 Å². The van der Waals surface area contributed by atoms with E-state index in [0.29, 0.717) is 19.6 Å². The minimum atomic E-state index is -0.649. The average Bonchev–Trinajstić information content (AvgIpc) is 2.49. The zero-order valence-electron chi connectivity index (χ0n) is 12.3. The molecule has 0 radical (unpaired) electrons. The lowest BCUT2D eigenvalue weighted by Gasteiger charge is -2.12. The zero-order valence-corrected chi connectivity index (χ0v) is 12.3. The van der Waals surface area contributed by atoms with Crippen LogP contribution in [0.1, 0.15) is 51.2 Å². The third-order valence-corrected chi connectivity index (χ3v) is 2.83. The highest BCUT2D eigenvalue weighted by atomic mass is 16.5. The molecule has 1 N–H and O–H groups in total. The fraction of sp³-hybridized carbons (Fsp3) is 0.562. The van der Waals surface area contributed by atoms with Gasteiger partial charge in [-0.25, -0.2) is 0 Å². The normalized spacial score (nSPS) is 11.9. The fourth-order valence-corrected chi connectivity index (χ4v) is 1.72. The van der Waals surface area contributed by atoms with E-state index >= 15 is 0 Å². The smallest absolute Gasteiger partial charge is 0.305 e. The second-order valence-electron chi connectivity index (χ2n) is 4.69. The Labute approximate surface area is 120 Å². The lowest BCUT2D eigenvalue weighted by atomic mass is 10.0. The molecule has 0 aliphatic rings. The molecule has 20 heavy (non-hydrogen) atoms. The van der Waals surface area contributed by atoms with Gasteiger partial charge in [0.15, 0.2) is 0 Å². The molecule has 4 nitrogen and oxygen atoms in total. The van der Waals surface area contributed by atoms with Crippen molar-refractivity contribution in [3.63, 3.8) is 0 Å². The van der Waals surface area contributed by atoms with E-state index in [0.717, 1.165) is 24.2 Å². The summed E-state index contributed by atoms with van der Waals surface area (Å²) >= 11 is 0. The minimum Gasteiger partial charge on any atom is -0.494 e. The van der Waals surface area contributed by atoms with Gasteiger partial charge in [-0.15, -0.1) is 0 Å². The molecule has 0 bridgehead atoms. The van der Waals surface area contributed by atoms with Gasteiger partial charge in [0, 0.05) is 6.42 Å². The van der Waals surface area contributed by atoms with Gasteiger partial charge in [0.1, 0.15) is 5.75 Å². The van der Waals surface area contributed by atoms with Crippen LogP contribution in [0.15, 0.2) is 24.3 Å². The predicted octanol–water partition coefficient (Wildman–Crippen LogP) is 3.24. The van der Waals surface area contributed by atoms with Gasteiger partial charge >= 0.3 is 5.97 Å². The lowest BCUT2D eigenvalue weighted by Crippen LogP contribution is -2.08. The average molecular weight is 280 g/mol. The largest absolute Gasteiger partial charge is 0.494 e. The summed E-state index contributed by atoms with van der Waals surface area (Å²) in [5, 5.41) is 10.0. The molecular formula is C16H24O4. The van der Waals surface area contributed by atoms with Crippen molar-refractivity contribution in [2.45, 2.75) is 45.6 Å². The van der Waals surface area contributed by atoms with Crippen LogP contribution < -0.4 is 4.74 Å². The number of aliphatic hydroxyl groups is 1. The molecular weight excluding hydrogens is 256 g/mol. The molecule has 1 aromatic carbocycles. The SMILES string of the molecule is CCCOC(=O)CCC(O)c1ccc(OCCC)cc1. The van der Waals surface area contributed by atoms with E-state index in [4.69, 9.17) is 9.47 Å². The maximum Gasteiger partial charge on any atom is 0.305 e. The summed E-state index contributed by atoms with van der Waals surface area (Å²) in [6.45, 7) is 5.13. The van der Waals surface area contributed by atoms with Gasteiger partial charge in [-0.05, 0) is 37.0 Å². The number of hydrogen-bond donors (Lipinski definition) is 1. The van der Waals surface area contributed by atoms with Crippen LogP contribution in [0.3, 0.4) is 0 Å². The molecule has 1 atom stereocenters. The summed E-state index contributed by atoms with van der Waals surface area (Å²) in [5.41, 5.74) is 0.789. The van der Waals surface area contributed by atoms with Crippen molar-refractivity contribution in [3.05, 3.63) is 29.8 Å². The molecule has 0 fully saturated rings. The Balaban J connectivity index is 2.39. The number of rotatable bonds is 9. The van der Waals surface area contributed by atoms with Crippen LogP contribution in [0.25, 0.3) is 0 Å². The van der Waals surface area contributed by atoms with Crippen LogP contribution in [0.5, 0.6) is 5.75 Å². The zero-order chi connectivity index (χ0) is 14.8. The molecule has 0 aliphatic carbocycles. The predicted molar refractivity (Wildman–Crippen MR) is 77.7 cm³/mol. The maximum atomic E-state index is 11.4. The number of aliphatic hydroxyl groups excluding tert-OH is 1. The molecule has 0 saturated heterocycles. The van der Waals surface area contributed by atoms with Crippen molar-refractivity contribution in [2.24, 2.45) is 0 Å². The van der Waals surface area contributed by atoms with Gasteiger partial charge in [-0.3, -0.25) is 4.79 Å². The summed E-state index contributed by atoms with van der Waals surface area (Å²) in [4.78, 5) is 11.4. The van der Waals surface area contributed by atoms with Gasteiger partial charge in [-0.2, -0.15) is 0 Å². The van der Waals surface area contributed by atoms with Crippen LogP contribution in [0.4, 0.5) is 0 Å². The molecule has 0 heterocycles. The quantitative estimate of drug-likeness (QED) is 0.705. The molecule has 1 aromatic rings. The molecule has 1 unspecified atom stereocenters. The van der Waals surface area contributed by atoms with E-state index < -0.39 is 6.10 Å². The standard InChI is InChI=1S/C16H24O4/c1-3-11-19-14-7-5-13(6-8-14)15(17)9-10-16(18)20-12-4-2/h5-8,15,17H,3-4,9-12H2,1-2H3. The Morgan fingerprint density at radius 2 is 1.80 bits per heavy atom. The maximum absolute atomic E-state index is 11.4. The van der Waals surface area contributed by atoms with Crippen molar-refractivity contribution in [3.8, 4) is 5.75 Å². The molecule has 0 aromatic heterocycles. The van der Waals surface area contributed by atoms with E-state index in [1.54, 1.807) is 0 Å². The number of esters is 1.